The topological polar surface area (TPSA) is 45.1 Å². The van der Waals surface area contributed by atoms with Crippen LogP contribution in [-0.4, -0.2) is 58.9 Å². The van der Waals surface area contributed by atoms with Crippen molar-refractivity contribution in [3.63, 3.8) is 0 Å². The fraction of sp³-hybridized carbons (Fsp3) is 0.467. The Morgan fingerprint density at radius 2 is 1.70 bits per heavy atom. The van der Waals surface area contributed by atoms with Gasteiger partial charge < -0.3 is 14.5 Å². The van der Waals surface area contributed by atoms with E-state index in [0.29, 0.717) is 37.2 Å². The molecule has 7 heteroatoms. The second-order valence-electron chi connectivity index (χ2n) is 10.7. The molecule has 1 fully saturated rings. The van der Waals surface area contributed by atoms with Crippen molar-refractivity contribution >= 4 is 11.8 Å². The highest BCUT2D eigenvalue weighted by Crippen LogP contribution is 2.31. The van der Waals surface area contributed by atoms with E-state index in [1.165, 1.54) is 12.1 Å². The van der Waals surface area contributed by atoms with Crippen LogP contribution in [0.3, 0.4) is 0 Å². The minimum atomic E-state index is -0.611. The maximum Gasteiger partial charge on any atom is 0.410 e. The summed E-state index contributed by atoms with van der Waals surface area (Å²) in [6.45, 7) is 15.3. The number of hydrogen-bond acceptors (Lipinski definition) is 4. The van der Waals surface area contributed by atoms with Gasteiger partial charge in [0.1, 0.15) is 17.2 Å². The molecule has 0 saturated carbocycles. The van der Waals surface area contributed by atoms with Crippen LogP contribution in [0.1, 0.15) is 54.0 Å². The van der Waals surface area contributed by atoms with Gasteiger partial charge in [-0.05, 0) is 90.3 Å². The third-order valence-corrected chi connectivity index (χ3v) is 6.40. The molecule has 5 nitrogen and oxygen atoms in total. The Bertz CT molecular complexity index is 1190. The van der Waals surface area contributed by atoms with Gasteiger partial charge in [0.25, 0.3) is 0 Å². The molecule has 1 aliphatic heterocycles. The first-order valence-corrected chi connectivity index (χ1v) is 12.7. The Balaban J connectivity index is 1.93. The number of carbonyl (C=O) groups excluding carboxylic acids is 1. The van der Waals surface area contributed by atoms with E-state index in [2.05, 4.69) is 17.7 Å². The number of terminal acetylenes is 1. The van der Waals surface area contributed by atoms with Gasteiger partial charge in [0, 0.05) is 54.6 Å². The summed E-state index contributed by atoms with van der Waals surface area (Å²) in [6.07, 6.45) is 9.81. The van der Waals surface area contributed by atoms with Crippen molar-refractivity contribution in [3.05, 3.63) is 70.0 Å². The summed E-state index contributed by atoms with van der Waals surface area (Å²) in [4.78, 5) is 21.5. The first-order valence-electron chi connectivity index (χ1n) is 12.7. The number of allylic oxidation sites excluding steroid dienone is 6. The van der Waals surface area contributed by atoms with Crippen molar-refractivity contribution in [2.24, 2.45) is 4.99 Å². The van der Waals surface area contributed by atoms with Crippen molar-refractivity contribution in [2.75, 3.05) is 19.6 Å². The predicted molar refractivity (Wildman–Crippen MR) is 144 cm³/mol. The first kappa shape index (κ1) is 28.2. The number of halogens is 2. The Kier molecular flexibility index (Phi) is 8.63. The van der Waals surface area contributed by atoms with E-state index in [-0.39, 0.29) is 18.2 Å². The molecule has 1 aliphatic carbocycles. The van der Waals surface area contributed by atoms with Gasteiger partial charge in [-0.25, -0.2) is 13.6 Å². The largest absolute Gasteiger partial charge is 0.444 e. The molecular weight excluding hydrogens is 472 g/mol. The van der Waals surface area contributed by atoms with Gasteiger partial charge >= 0.3 is 6.09 Å². The molecule has 1 heterocycles. The van der Waals surface area contributed by atoms with E-state index >= 15 is 0 Å². The summed E-state index contributed by atoms with van der Waals surface area (Å²) in [5.74, 6) is 1.58. The molecule has 1 saturated heterocycles. The number of carbonyl (C=O) groups is 1. The number of nitrogens with zero attached hydrogens (tertiary/aromatic N) is 3. The molecular formula is C30H37F2N3O2. The Morgan fingerprint density at radius 3 is 2.27 bits per heavy atom. The second kappa shape index (κ2) is 11.3. The van der Waals surface area contributed by atoms with E-state index < -0.39 is 17.2 Å². The molecule has 0 radical (unpaired) electrons. The van der Waals surface area contributed by atoms with E-state index in [0.717, 1.165) is 28.6 Å². The summed E-state index contributed by atoms with van der Waals surface area (Å²) in [6, 6.07) is 3.48. The SMILES string of the molecule is C#CC1=CC(Cc2cc(F)cc(F)c2)=CC(=NCC)/C1=C(\C)N1C[C@@H](C)N(C(=O)OC(C)(C)C)C[C@@H]1C. The maximum absolute atomic E-state index is 13.7. The normalized spacial score (nSPS) is 22.9. The maximum atomic E-state index is 13.7. The minimum Gasteiger partial charge on any atom is -0.444 e. The number of rotatable bonds is 4. The number of ether oxygens (including phenoxy) is 1. The Hall–Kier alpha value is -3.40. The molecule has 1 aromatic rings. The molecule has 2 atom stereocenters. The zero-order chi connectivity index (χ0) is 27.5. The molecule has 37 heavy (non-hydrogen) atoms. The average molecular weight is 510 g/mol. The van der Waals surface area contributed by atoms with Crippen LogP contribution in [0.2, 0.25) is 0 Å². The summed E-state index contributed by atoms with van der Waals surface area (Å²) < 4.78 is 33.1. The average Bonchev–Trinajstić information content (AvgIpc) is 2.78. The Labute approximate surface area is 219 Å². The lowest BCUT2D eigenvalue weighted by atomic mass is 9.88. The lowest BCUT2D eigenvalue weighted by Crippen LogP contribution is -2.58. The number of amides is 1. The molecule has 0 N–H and O–H groups in total. The van der Waals surface area contributed by atoms with Gasteiger partial charge in [0.15, 0.2) is 0 Å². The van der Waals surface area contributed by atoms with Gasteiger partial charge in [0.2, 0.25) is 0 Å². The molecule has 0 unspecified atom stereocenters. The highest BCUT2D eigenvalue weighted by molar-refractivity contribution is 6.14. The van der Waals surface area contributed by atoms with Crippen LogP contribution in [0.4, 0.5) is 13.6 Å². The summed E-state index contributed by atoms with van der Waals surface area (Å²) in [5, 5.41) is 0. The highest BCUT2D eigenvalue weighted by atomic mass is 19.1. The molecule has 2 aliphatic rings. The monoisotopic (exact) mass is 509 g/mol. The van der Waals surface area contributed by atoms with Crippen LogP contribution in [0, 0.1) is 24.0 Å². The standard InChI is InChI=1S/C30H37F2N3O2/c1-9-24-12-22(11-23-13-25(31)16-26(32)14-23)15-27(33-10-2)28(24)21(5)34-17-20(4)35(18-19(34)3)29(36)37-30(6,7)8/h1,12-16,19-20H,10-11,17-18H2,2-8H3/b28-21+,33-27?/t19-,20+/m0/s1. The molecule has 0 aromatic heterocycles. The zero-order valence-corrected chi connectivity index (χ0v) is 22.9. The number of aliphatic imine (C=N–C) groups is 1. The third-order valence-electron chi connectivity index (χ3n) is 6.40. The first-order chi connectivity index (χ1) is 17.3. The van der Waals surface area contributed by atoms with Gasteiger partial charge in [-0.3, -0.25) is 4.99 Å². The van der Waals surface area contributed by atoms with Gasteiger partial charge in [-0.15, -0.1) is 6.42 Å². The van der Waals surface area contributed by atoms with Crippen LogP contribution in [0.15, 0.2) is 57.8 Å². The second-order valence-corrected chi connectivity index (χ2v) is 10.7. The van der Waals surface area contributed by atoms with E-state index in [1.54, 1.807) is 4.90 Å². The Morgan fingerprint density at radius 1 is 1.11 bits per heavy atom. The summed E-state index contributed by atoms with van der Waals surface area (Å²) >= 11 is 0. The quantitative estimate of drug-likeness (QED) is 0.463. The molecule has 198 valence electrons. The lowest BCUT2D eigenvalue weighted by molar-refractivity contribution is -0.00418. The van der Waals surface area contributed by atoms with E-state index in [1.807, 2.05) is 53.7 Å². The fourth-order valence-electron chi connectivity index (χ4n) is 4.84. The molecule has 1 amide bonds. The number of benzene rings is 1. The lowest BCUT2D eigenvalue weighted by Gasteiger charge is -2.46. The van der Waals surface area contributed by atoms with Crippen molar-refractivity contribution in [1.82, 2.24) is 9.80 Å². The van der Waals surface area contributed by atoms with Crippen LogP contribution >= 0.6 is 0 Å². The van der Waals surface area contributed by atoms with Gasteiger partial charge in [-0.1, -0.05) is 5.92 Å². The number of hydrogen-bond donors (Lipinski definition) is 0. The van der Waals surface area contributed by atoms with Crippen molar-refractivity contribution in [1.29, 1.82) is 0 Å². The zero-order valence-electron chi connectivity index (χ0n) is 22.9. The highest BCUT2D eigenvalue weighted by Gasteiger charge is 2.36. The van der Waals surface area contributed by atoms with Gasteiger partial charge in [-0.2, -0.15) is 0 Å². The molecule has 3 rings (SSSR count). The van der Waals surface area contributed by atoms with Crippen molar-refractivity contribution < 1.29 is 18.3 Å². The number of piperazine rings is 1. The molecule has 0 bridgehead atoms. The van der Waals surface area contributed by atoms with Crippen LogP contribution in [0.25, 0.3) is 0 Å². The fourth-order valence-corrected chi connectivity index (χ4v) is 4.84. The third kappa shape index (κ3) is 6.88. The van der Waals surface area contributed by atoms with Crippen LogP contribution in [0.5, 0.6) is 0 Å². The van der Waals surface area contributed by atoms with E-state index in [4.69, 9.17) is 16.2 Å². The minimum absolute atomic E-state index is 0.0266. The summed E-state index contributed by atoms with van der Waals surface area (Å²) in [7, 11) is 0. The molecule has 1 aromatic carbocycles. The smallest absolute Gasteiger partial charge is 0.410 e. The molecule has 0 spiro atoms. The van der Waals surface area contributed by atoms with Crippen LogP contribution in [-0.2, 0) is 11.2 Å². The van der Waals surface area contributed by atoms with Crippen molar-refractivity contribution in [2.45, 2.75) is 72.6 Å². The van der Waals surface area contributed by atoms with Crippen molar-refractivity contribution in [3.8, 4) is 12.3 Å². The van der Waals surface area contributed by atoms with Gasteiger partial charge in [0.05, 0.1) is 5.71 Å². The predicted octanol–water partition coefficient (Wildman–Crippen LogP) is 6.07. The van der Waals surface area contributed by atoms with E-state index in [9.17, 15) is 13.6 Å². The summed E-state index contributed by atoms with van der Waals surface area (Å²) in [5.41, 5.74) is 4.06. The van der Waals surface area contributed by atoms with Crippen LogP contribution < -0.4 is 0 Å².